The first-order chi connectivity index (χ1) is 10.2. The lowest BCUT2D eigenvalue weighted by atomic mass is 9.93. The Morgan fingerprint density at radius 1 is 1.00 bits per heavy atom. The van der Waals surface area contributed by atoms with Crippen LogP contribution >= 0.6 is 0 Å². The van der Waals surface area contributed by atoms with E-state index in [9.17, 15) is 9.59 Å². The van der Waals surface area contributed by atoms with E-state index in [-0.39, 0.29) is 17.6 Å². The van der Waals surface area contributed by atoms with E-state index in [2.05, 4.69) is 5.32 Å². The summed E-state index contributed by atoms with van der Waals surface area (Å²) in [6, 6.07) is 11.6. The van der Waals surface area contributed by atoms with Crippen LogP contribution in [-0.4, -0.2) is 11.7 Å². The summed E-state index contributed by atoms with van der Waals surface area (Å²) in [6.45, 7) is 9.30. The van der Waals surface area contributed by atoms with Gasteiger partial charge in [0.25, 0.3) is 0 Å². The molecule has 2 rings (SSSR count). The van der Waals surface area contributed by atoms with Crippen molar-refractivity contribution < 1.29 is 9.59 Å². The molecule has 0 aliphatic carbocycles. The number of carbonyl (C=O) groups is 2. The van der Waals surface area contributed by atoms with Gasteiger partial charge in [-0.1, -0.05) is 58.9 Å². The maximum absolute atomic E-state index is 12.5. The molecule has 2 aromatic carbocycles. The van der Waals surface area contributed by atoms with Crippen molar-refractivity contribution in [2.24, 2.45) is 11.3 Å². The molecule has 3 nitrogen and oxygen atoms in total. The fourth-order valence-electron chi connectivity index (χ4n) is 2.17. The van der Waals surface area contributed by atoms with Crippen LogP contribution in [0.4, 0.5) is 5.69 Å². The first-order valence-electron chi connectivity index (χ1n) is 7.58. The maximum atomic E-state index is 12.5. The molecular formula is C19H23NO2. The number of amides is 1. The molecular weight excluding hydrogens is 274 g/mol. The summed E-state index contributed by atoms with van der Waals surface area (Å²) in [4.78, 5) is 24.8. The summed E-state index contributed by atoms with van der Waals surface area (Å²) in [7, 11) is 0. The number of anilines is 1. The van der Waals surface area contributed by atoms with Crippen molar-refractivity contribution in [2.75, 3.05) is 5.32 Å². The minimum atomic E-state index is -0.510. The number of hydrogen-bond acceptors (Lipinski definition) is 2. The number of Topliss-reactive ketones (excluding diaryl/α,β-unsaturated/α-hetero) is 1. The highest BCUT2D eigenvalue weighted by Gasteiger charge is 2.24. The van der Waals surface area contributed by atoms with Crippen LogP contribution in [0.25, 0.3) is 10.8 Å². The third-order valence-electron chi connectivity index (χ3n) is 3.61. The lowest BCUT2D eigenvalue weighted by Crippen LogP contribution is -2.28. The Balaban J connectivity index is 2.56. The van der Waals surface area contributed by atoms with E-state index in [1.54, 1.807) is 0 Å². The Hall–Kier alpha value is -2.16. The van der Waals surface area contributed by atoms with Crippen LogP contribution in [0.3, 0.4) is 0 Å². The molecule has 0 aliphatic heterocycles. The Kier molecular flexibility index (Phi) is 4.36. The van der Waals surface area contributed by atoms with Gasteiger partial charge < -0.3 is 5.32 Å². The van der Waals surface area contributed by atoms with Crippen LogP contribution in [0.5, 0.6) is 0 Å². The smallest absolute Gasteiger partial charge is 0.229 e. The third kappa shape index (κ3) is 3.35. The minimum Gasteiger partial charge on any atom is -0.325 e. The molecule has 0 unspecified atom stereocenters. The molecule has 3 heteroatoms. The summed E-state index contributed by atoms with van der Waals surface area (Å²) in [5, 5.41) is 4.93. The Morgan fingerprint density at radius 3 is 2.05 bits per heavy atom. The van der Waals surface area contributed by atoms with Crippen LogP contribution in [-0.2, 0) is 4.79 Å². The molecule has 0 saturated carbocycles. The molecule has 0 saturated heterocycles. The van der Waals surface area contributed by atoms with E-state index in [0.717, 1.165) is 10.8 Å². The number of fused-ring (bicyclic) bond motifs is 1. The topological polar surface area (TPSA) is 46.2 Å². The van der Waals surface area contributed by atoms with Gasteiger partial charge in [0.05, 0.1) is 5.69 Å². The molecule has 0 heterocycles. The highest BCUT2D eigenvalue weighted by atomic mass is 16.2. The van der Waals surface area contributed by atoms with Crippen molar-refractivity contribution >= 4 is 28.2 Å². The first-order valence-corrected chi connectivity index (χ1v) is 7.58. The van der Waals surface area contributed by atoms with Crippen LogP contribution in [0.2, 0.25) is 0 Å². The summed E-state index contributed by atoms with van der Waals surface area (Å²) in [6.07, 6.45) is 0. The van der Waals surface area contributed by atoms with Gasteiger partial charge in [0.1, 0.15) is 0 Å². The number of nitrogens with one attached hydrogen (secondary N) is 1. The predicted octanol–water partition coefficient (Wildman–Crippen LogP) is 4.66. The van der Waals surface area contributed by atoms with E-state index in [1.165, 1.54) is 0 Å². The molecule has 0 aliphatic rings. The fourth-order valence-corrected chi connectivity index (χ4v) is 2.17. The van der Waals surface area contributed by atoms with Gasteiger partial charge in [0, 0.05) is 16.9 Å². The van der Waals surface area contributed by atoms with Gasteiger partial charge in [-0.3, -0.25) is 9.59 Å². The van der Waals surface area contributed by atoms with E-state index in [4.69, 9.17) is 0 Å². The van der Waals surface area contributed by atoms with Gasteiger partial charge in [0.2, 0.25) is 5.91 Å². The van der Waals surface area contributed by atoms with Crippen molar-refractivity contribution in [3.8, 4) is 0 Å². The Labute approximate surface area is 131 Å². The zero-order chi connectivity index (χ0) is 16.5. The van der Waals surface area contributed by atoms with E-state index >= 15 is 0 Å². The standard InChI is InChI=1S/C19H23NO2/c1-12(2)17(21)15-10-13-8-6-7-9-14(13)11-16(15)20-18(22)19(3,4)5/h6-12H,1-5H3,(H,20,22). The summed E-state index contributed by atoms with van der Waals surface area (Å²) in [5.74, 6) is -0.179. The first kappa shape index (κ1) is 16.2. The quantitative estimate of drug-likeness (QED) is 0.837. The predicted molar refractivity (Wildman–Crippen MR) is 91.2 cm³/mol. The molecule has 22 heavy (non-hydrogen) atoms. The van der Waals surface area contributed by atoms with Crippen molar-refractivity contribution in [2.45, 2.75) is 34.6 Å². The number of carbonyl (C=O) groups excluding carboxylic acids is 2. The number of hydrogen-bond donors (Lipinski definition) is 1. The second-order valence-electron chi connectivity index (χ2n) is 6.97. The lowest BCUT2D eigenvalue weighted by molar-refractivity contribution is -0.123. The van der Waals surface area contributed by atoms with Gasteiger partial charge >= 0.3 is 0 Å². The molecule has 0 aromatic heterocycles. The molecule has 1 amide bonds. The molecule has 0 bridgehead atoms. The van der Waals surface area contributed by atoms with Crippen molar-refractivity contribution in [3.63, 3.8) is 0 Å². The number of ketones is 1. The van der Waals surface area contributed by atoms with Gasteiger partial charge in [-0.2, -0.15) is 0 Å². The summed E-state index contributed by atoms with van der Waals surface area (Å²) < 4.78 is 0. The summed E-state index contributed by atoms with van der Waals surface area (Å²) >= 11 is 0. The SMILES string of the molecule is CC(C)C(=O)c1cc2ccccc2cc1NC(=O)C(C)(C)C. The zero-order valence-corrected chi connectivity index (χ0v) is 13.9. The second kappa shape index (κ2) is 5.91. The number of benzene rings is 2. The van der Waals surface area contributed by atoms with Crippen molar-refractivity contribution in [1.29, 1.82) is 0 Å². The Bertz CT molecular complexity index is 724. The average Bonchev–Trinajstić information content (AvgIpc) is 2.44. The van der Waals surface area contributed by atoms with Gasteiger partial charge in [-0.15, -0.1) is 0 Å². The van der Waals surface area contributed by atoms with Crippen LogP contribution in [0.15, 0.2) is 36.4 Å². The molecule has 0 spiro atoms. The molecule has 2 aromatic rings. The molecule has 0 atom stereocenters. The van der Waals surface area contributed by atoms with E-state index < -0.39 is 5.41 Å². The summed E-state index contributed by atoms with van der Waals surface area (Å²) in [5.41, 5.74) is 0.660. The second-order valence-corrected chi connectivity index (χ2v) is 6.97. The Morgan fingerprint density at radius 2 is 1.55 bits per heavy atom. The van der Waals surface area contributed by atoms with E-state index in [0.29, 0.717) is 11.3 Å². The molecule has 0 radical (unpaired) electrons. The van der Waals surface area contributed by atoms with Gasteiger partial charge in [-0.05, 0) is 22.9 Å². The third-order valence-corrected chi connectivity index (χ3v) is 3.61. The minimum absolute atomic E-state index is 0.0370. The van der Waals surface area contributed by atoms with Crippen LogP contribution in [0.1, 0.15) is 45.0 Å². The lowest BCUT2D eigenvalue weighted by Gasteiger charge is -2.20. The van der Waals surface area contributed by atoms with Crippen molar-refractivity contribution in [1.82, 2.24) is 0 Å². The largest absolute Gasteiger partial charge is 0.325 e. The van der Waals surface area contributed by atoms with Gasteiger partial charge in [-0.25, -0.2) is 0 Å². The monoisotopic (exact) mass is 297 g/mol. The fraction of sp³-hybridized carbons (Fsp3) is 0.368. The highest BCUT2D eigenvalue weighted by molar-refractivity contribution is 6.09. The van der Waals surface area contributed by atoms with Crippen LogP contribution < -0.4 is 5.32 Å². The molecule has 0 fully saturated rings. The normalized spacial score (nSPS) is 11.7. The van der Waals surface area contributed by atoms with Crippen molar-refractivity contribution in [3.05, 3.63) is 42.0 Å². The molecule has 116 valence electrons. The van der Waals surface area contributed by atoms with E-state index in [1.807, 2.05) is 71.0 Å². The molecule has 1 N–H and O–H groups in total. The van der Waals surface area contributed by atoms with Gasteiger partial charge in [0.15, 0.2) is 5.78 Å². The number of rotatable bonds is 3. The average molecular weight is 297 g/mol. The highest BCUT2D eigenvalue weighted by Crippen LogP contribution is 2.28. The zero-order valence-electron chi connectivity index (χ0n) is 13.9. The van der Waals surface area contributed by atoms with Crippen LogP contribution in [0, 0.1) is 11.3 Å². The maximum Gasteiger partial charge on any atom is 0.229 e.